The van der Waals surface area contributed by atoms with Gasteiger partial charge in [-0.15, -0.1) is 0 Å². The number of anilines is 1. The molecule has 0 aliphatic heterocycles. The second-order valence-electron chi connectivity index (χ2n) is 3.68. The van der Waals surface area contributed by atoms with Gasteiger partial charge < -0.3 is 10.5 Å². The van der Waals surface area contributed by atoms with Crippen LogP contribution in [0.2, 0.25) is 0 Å². The van der Waals surface area contributed by atoms with Crippen LogP contribution in [0, 0.1) is 0 Å². The molecular formula is C13H15N3OS. The Balaban J connectivity index is 2.14. The molecule has 0 aromatic carbocycles. The van der Waals surface area contributed by atoms with Crippen LogP contribution in [0.25, 0.3) is 0 Å². The predicted molar refractivity (Wildman–Crippen MR) is 72.8 cm³/mol. The lowest BCUT2D eigenvalue weighted by molar-refractivity contribution is 0.305. The zero-order valence-corrected chi connectivity index (χ0v) is 11.0. The van der Waals surface area contributed by atoms with Gasteiger partial charge in [-0.1, -0.05) is 18.7 Å². The summed E-state index contributed by atoms with van der Waals surface area (Å²) in [6.07, 6.45) is 4.45. The third kappa shape index (κ3) is 3.37. The molecule has 0 bridgehead atoms. The Labute approximate surface area is 111 Å². The first-order valence-electron chi connectivity index (χ1n) is 5.77. The van der Waals surface area contributed by atoms with Crippen molar-refractivity contribution in [1.29, 1.82) is 0 Å². The average Bonchev–Trinajstić information content (AvgIpc) is 2.40. The third-order valence-corrected chi connectivity index (χ3v) is 3.12. The first-order valence-corrected chi connectivity index (χ1v) is 6.58. The van der Waals surface area contributed by atoms with E-state index in [2.05, 4.69) is 9.97 Å². The van der Waals surface area contributed by atoms with Crippen LogP contribution in [-0.2, 0) is 0 Å². The fourth-order valence-corrected chi connectivity index (χ4v) is 2.10. The van der Waals surface area contributed by atoms with E-state index in [-0.39, 0.29) is 0 Å². The van der Waals surface area contributed by atoms with Crippen molar-refractivity contribution in [3.63, 3.8) is 0 Å². The first kappa shape index (κ1) is 12.7. The van der Waals surface area contributed by atoms with Crippen LogP contribution in [0.4, 0.5) is 5.69 Å². The molecule has 2 rings (SSSR count). The van der Waals surface area contributed by atoms with Gasteiger partial charge in [-0.25, -0.2) is 4.98 Å². The summed E-state index contributed by atoms with van der Waals surface area (Å²) >= 11 is 1.56. The van der Waals surface area contributed by atoms with Gasteiger partial charge in [-0.3, -0.25) is 4.98 Å². The van der Waals surface area contributed by atoms with Crippen molar-refractivity contribution < 1.29 is 4.74 Å². The molecular weight excluding hydrogens is 246 g/mol. The van der Waals surface area contributed by atoms with Crippen molar-refractivity contribution >= 4 is 17.4 Å². The van der Waals surface area contributed by atoms with E-state index in [4.69, 9.17) is 10.5 Å². The van der Waals surface area contributed by atoms with E-state index in [0.29, 0.717) is 18.2 Å². The Kier molecular flexibility index (Phi) is 4.41. The van der Waals surface area contributed by atoms with Gasteiger partial charge in [0.25, 0.3) is 0 Å². The lowest BCUT2D eigenvalue weighted by atomic mass is 10.4. The summed E-state index contributed by atoms with van der Waals surface area (Å²) in [6.45, 7) is 2.67. The minimum Gasteiger partial charge on any atom is -0.476 e. The van der Waals surface area contributed by atoms with E-state index in [0.717, 1.165) is 16.3 Å². The smallest absolute Gasteiger partial charge is 0.238 e. The molecule has 0 fully saturated rings. The van der Waals surface area contributed by atoms with Crippen LogP contribution in [0.3, 0.4) is 0 Å². The van der Waals surface area contributed by atoms with Crippen molar-refractivity contribution in [2.45, 2.75) is 23.3 Å². The van der Waals surface area contributed by atoms with Crippen LogP contribution < -0.4 is 10.5 Å². The molecule has 2 aromatic heterocycles. The molecule has 0 saturated carbocycles. The van der Waals surface area contributed by atoms with E-state index >= 15 is 0 Å². The minimum absolute atomic E-state index is 0.510. The van der Waals surface area contributed by atoms with E-state index in [1.165, 1.54) is 0 Å². The van der Waals surface area contributed by atoms with Crippen LogP contribution in [0.15, 0.2) is 46.6 Å². The summed E-state index contributed by atoms with van der Waals surface area (Å²) in [7, 11) is 0. The van der Waals surface area contributed by atoms with Crippen molar-refractivity contribution in [3.05, 3.63) is 36.7 Å². The van der Waals surface area contributed by atoms with Crippen LogP contribution >= 0.6 is 11.8 Å². The number of nitrogens with two attached hydrogens (primary N) is 1. The Hall–Kier alpha value is -1.75. The van der Waals surface area contributed by atoms with E-state index in [1.54, 1.807) is 24.2 Å². The molecule has 5 heteroatoms. The highest BCUT2D eigenvalue weighted by Gasteiger charge is 2.05. The van der Waals surface area contributed by atoms with Crippen LogP contribution in [0.5, 0.6) is 5.88 Å². The molecule has 0 radical (unpaired) electrons. The van der Waals surface area contributed by atoms with Gasteiger partial charge in [0.15, 0.2) is 0 Å². The maximum absolute atomic E-state index is 5.82. The number of aromatic nitrogens is 2. The van der Waals surface area contributed by atoms with Gasteiger partial charge in [0.2, 0.25) is 5.88 Å². The number of rotatable bonds is 5. The van der Waals surface area contributed by atoms with E-state index in [9.17, 15) is 0 Å². The summed E-state index contributed by atoms with van der Waals surface area (Å²) in [5.41, 5.74) is 6.39. The largest absolute Gasteiger partial charge is 0.476 e. The highest BCUT2D eigenvalue weighted by Crippen LogP contribution is 2.29. The standard InChI is InChI=1S/C13H15N3OS/c1-2-9-17-13-11(14)3-4-12(16-13)18-10-5-7-15-8-6-10/h3-8H,2,9,14H2,1H3. The summed E-state index contributed by atoms with van der Waals surface area (Å²) in [4.78, 5) is 9.47. The maximum Gasteiger partial charge on any atom is 0.238 e. The fourth-order valence-electron chi connectivity index (χ4n) is 1.33. The lowest BCUT2D eigenvalue weighted by Gasteiger charge is -2.08. The van der Waals surface area contributed by atoms with Crippen molar-refractivity contribution in [2.24, 2.45) is 0 Å². The van der Waals surface area contributed by atoms with Crippen LogP contribution in [0.1, 0.15) is 13.3 Å². The first-order chi connectivity index (χ1) is 8.79. The Morgan fingerprint density at radius 1 is 1.22 bits per heavy atom. The second-order valence-corrected chi connectivity index (χ2v) is 4.77. The number of pyridine rings is 2. The Bertz CT molecular complexity index is 505. The highest BCUT2D eigenvalue weighted by atomic mass is 32.2. The number of ether oxygens (including phenoxy) is 1. The molecule has 0 amide bonds. The summed E-state index contributed by atoms with van der Waals surface area (Å²) in [5.74, 6) is 0.510. The van der Waals surface area contributed by atoms with Gasteiger partial charge in [-0.05, 0) is 30.7 Å². The molecule has 0 aliphatic rings. The lowest BCUT2D eigenvalue weighted by Crippen LogP contribution is -2.01. The third-order valence-electron chi connectivity index (χ3n) is 2.18. The molecule has 2 heterocycles. The maximum atomic E-state index is 5.82. The normalized spacial score (nSPS) is 10.3. The summed E-state index contributed by atoms with van der Waals surface area (Å²) in [5, 5.41) is 0.863. The van der Waals surface area contributed by atoms with Crippen molar-refractivity contribution in [3.8, 4) is 5.88 Å². The topological polar surface area (TPSA) is 61.0 Å². The van der Waals surface area contributed by atoms with Crippen LogP contribution in [-0.4, -0.2) is 16.6 Å². The Morgan fingerprint density at radius 3 is 2.72 bits per heavy atom. The monoisotopic (exact) mass is 261 g/mol. The second kappa shape index (κ2) is 6.26. The van der Waals surface area contributed by atoms with Gasteiger partial charge in [0, 0.05) is 17.3 Å². The molecule has 2 aromatic rings. The highest BCUT2D eigenvalue weighted by molar-refractivity contribution is 7.99. The van der Waals surface area contributed by atoms with Gasteiger partial charge >= 0.3 is 0 Å². The summed E-state index contributed by atoms with van der Waals surface area (Å²) in [6, 6.07) is 7.59. The Morgan fingerprint density at radius 2 is 2.00 bits per heavy atom. The average molecular weight is 261 g/mol. The predicted octanol–water partition coefficient (Wildman–Crippen LogP) is 3.00. The van der Waals surface area contributed by atoms with Crippen molar-refractivity contribution in [1.82, 2.24) is 9.97 Å². The number of nitrogen functional groups attached to an aromatic ring is 1. The molecule has 0 unspecified atom stereocenters. The van der Waals surface area contributed by atoms with Gasteiger partial charge in [0.05, 0.1) is 12.3 Å². The number of hydrogen-bond donors (Lipinski definition) is 1. The van der Waals surface area contributed by atoms with Crippen molar-refractivity contribution in [2.75, 3.05) is 12.3 Å². The molecule has 94 valence electrons. The molecule has 4 nitrogen and oxygen atoms in total. The van der Waals surface area contributed by atoms with Gasteiger partial charge in [-0.2, -0.15) is 0 Å². The quantitative estimate of drug-likeness (QED) is 0.896. The zero-order valence-electron chi connectivity index (χ0n) is 10.2. The molecule has 0 saturated heterocycles. The van der Waals surface area contributed by atoms with E-state index in [1.807, 2.05) is 31.2 Å². The minimum atomic E-state index is 0.510. The van der Waals surface area contributed by atoms with E-state index < -0.39 is 0 Å². The SMILES string of the molecule is CCCOc1nc(Sc2ccncc2)ccc1N. The molecule has 0 spiro atoms. The summed E-state index contributed by atoms with van der Waals surface area (Å²) < 4.78 is 5.50. The zero-order chi connectivity index (χ0) is 12.8. The molecule has 0 atom stereocenters. The number of nitrogens with zero attached hydrogens (tertiary/aromatic N) is 2. The van der Waals surface area contributed by atoms with Gasteiger partial charge in [0.1, 0.15) is 5.03 Å². The molecule has 2 N–H and O–H groups in total. The molecule has 0 aliphatic carbocycles. The molecule has 18 heavy (non-hydrogen) atoms. The number of hydrogen-bond acceptors (Lipinski definition) is 5. The fraction of sp³-hybridized carbons (Fsp3) is 0.231.